The predicted octanol–water partition coefficient (Wildman–Crippen LogP) is 7.19. The van der Waals surface area contributed by atoms with Gasteiger partial charge in [-0.1, -0.05) is 54.6 Å². The first-order valence-electron chi connectivity index (χ1n) is 13.0. The zero-order valence-electron chi connectivity index (χ0n) is 22.2. The van der Waals surface area contributed by atoms with E-state index in [9.17, 15) is 0 Å². The molecule has 6 rings (SSSR count). The first kappa shape index (κ1) is 24.1. The fourth-order valence-electron chi connectivity index (χ4n) is 4.66. The number of rotatable bonds is 5. The van der Waals surface area contributed by atoms with Crippen molar-refractivity contribution in [2.45, 2.75) is 38.8 Å². The Kier molecular flexibility index (Phi) is 5.87. The maximum Gasteiger partial charge on any atom is 0.216 e. The number of hydrogen-bond acceptors (Lipinski definition) is 5. The second-order valence-corrected chi connectivity index (χ2v) is 11.2. The minimum Gasteiger partial charge on any atom is -0.475 e. The van der Waals surface area contributed by atoms with E-state index >= 15 is 0 Å². The van der Waals surface area contributed by atoms with E-state index in [-0.39, 0.29) is 11.1 Å². The Balaban J connectivity index is 1.37. The summed E-state index contributed by atoms with van der Waals surface area (Å²) in [6, 6.07) is 31.3. The summed E-state index contributed by atoms with van der Waals surface area (Å²) in [5.41, 5.74) is 7.77. The van der Waals surface area contributed by atoms with E-state index < -0.39 is 0 Å². The molecular weight excluding hydrogens is 470 g/mol. The van der Waals surface area contributed by atoms with E-state index in [1.54, 1.807) is 0 Å². The van der Waals surface area contributed by atoms with Gasteiger partial charge in [0, 0.05) is 22.3 Å². The van der Waals surface area contributed by atoms with Gasteiger partial charge in [0.05, 0.1) is 22.5 Å². The molecule has 0 N–H and O–H groups in total. The van der Waals surface area contributed by atoms with Crippen LogP contribution in [0.15, 0.2) is 101 Å². The maximum absolute atomic E-state index is 5.83. The second kappa shape index (κ2) is 9.25. The highest BCUT2D eigenvalue weighted by atomic mass is 16.5. The van der Waals surface area contributed by atoms with Crippen molar-refractivity contribution in [3.8, 4) is 33.6 Å². The molecular formula is C33H31N3O2. The van der Waals surface area contributed by atoms with Crippen LogP contribution in [0.1, 0.15) is 38.8 Å². The average Bonchev–Trinajstić information content (AvgIpc) is 3.49. The Morgan fingerprint density at radius 3 is 1.32 bits per heavy atom. The molecule has 2 aliphatic heterocycles. The summed E-state index contributed by atoms with van der Waals surface area (Å²) in [6.07, 6.45) is 0. The lowest BCUT2D eigenvalue weighted by Gasteiger charge is -2.11. The van der Waals surface area contributed by atoms with Crippen LogP contribution in [0, 0.1) is 0 Å². The summed E-state index contributed by atoms with van der Waals surface area (Å²) in [7, 11) is 0. The third-order valence-corrected chi connectivity index (χ3v) is 6.72. The predicted molar refractivity (Wildman–Crippen MR) is 154 cm³/mol. The number of benzene rings is 3. The Hall–Kier alpha value is -4.25. The van der Waals surface area contributed by atoms with E-state index in [2.05, 4.69) is 113 Å². The lowest BCUT2D eigenvalue weighted by molar-refractivity contribution is 0.279. The zero-order valence-corrected chi connectivity index (χ0v) is 22.2. The monoisotopic (exact) mass is 501 g/mol. The van der Waals surface area contributed by atoms with E-state index in [1.165, 1.54) is 0 Å². The zero-order chi connectivity index (χ0) is 26.3. The molecule has 2 aliphatic rings. The third-order valence-electron chi connectivity index (χ3n) is 6.72. The Morgan fingerprint density at radius 1 is 0.500 bits per heavy atom. The van der Waals surface area contributed by atoms with Crippen molar-refractivity contribution in [2.24, 2.45) is 9.98 Å². The molecule has 38 heavy (non-hydrogen) atoms. The molecule has 1 aromatic heterocycles. The summed E-state index contributed by atoms with van der Waals surface area (Å²) in [5.74, 6) is 1.40. The molecule has 0 amide bonds. The molecule has 190 valence electrons. The van der Waals surface area contributed by atoms with Gasteiger partial charge in [-0.05, 0) is 75.2 Å². The van der Waals surface area contributed by atoms with Crippen LogP contribution in [0.3, 0.4) is 0 Å². The van der Waals surface area contributed by atoms with Crippen LogP contribution < -0.4 is 0 Å². The molecule has 0 spiro atoms. The minimum absolute atomic E-state index is 0.184. The highest BCUT2D eigenvalue weighted by molar-refractivity contribution is 5.96. The van der Waals surface area contributed by atoms with Crippen molar-refractivity contribution >= 4 is 11.8 Å². The summed E-state index contributed by atoms with van der Waals surface area (Å²) in [6.45, 7) is 9.52. The van der Waals surface area contributed by atoms with Crippen LogP contribution in [-0.4, -0.2) is 41.1 Å². The quantitative estimate of drug-likeness (QED) is 0.291. The lowest BCUT2D eigenvalue weighted by Crippen LogP contribution is -2.17. The molecule has 5 heteroatoms. The SMILES string of the molecule is CC1(C)COC(c2ccc(-c3cc(-c4ccccc4)cc(-c4ccc(C5=NC(C)(C)CO5)cc4)n3)cc2)=N1. The molecule has 0 atom stereocenters. The van der Waals surface area contributed by atoms with Gasteiger partial charge >= 0.3 is 0 Å². The maximum atomic E-state index is 5.83. The topological polar surface area (TPSA) is 56.1 Å². The van der Waals surface area contributed by atoms with Gasteiger partial charge in [0.1, 0.15) is 13.2 Å². The molecule has 3 heterocycles. The minimum atomic E-state index is -0.184. The highest BCUT2D eigenvalue weighted by Gasteiger charge is 2.28. The lowest BCUT2D eigenvalue weighted by atomic mass is 9.99. The number of hydrogen-bond donors (Lipinski definition) is 0. The van der Waals surface area contributed by atoms with Gasteiger partial charge in [-0.15, -0.1) is 0 Å². The van der Waals surface area contributed by atoms with Crippen LogP contribution in [0.25, 0.3) is 33.6 Å². The van der Waals surface area contributed by atoms with Crippen LogP contribution in [0.5, 0.6) is 0 Å². The van der Waals surface area contributed by atoms with Gasteiger partial charge in [0.15, 0.2) is 0 Å². The molecule has 4 aromatic rings. The number of nitrogens with zero attached hydrogens (tertiary/aromatic N) is 3. The number of aromatic nitrogens is 1. The van der Waals surface area contributed by atoms with Crippen molar-refractivity contribution in [1.29, 1.82) is 0 Å². The summed E-state index contributed by atoms with van der Waals surface area (Å²) in [4.78, 5) is 14.5. The standard InChI is InChI=1S/C33H31N3O2/c1-32(2)20-37-30(35-32)25-14-10-23(11-15-25)28-18-27(22-8-6-5-7-9-22)19-29(34-28)24-12-16-26(17-13-24)31-36-33(3,4)21-38-31/h5-19H,20-21H2,1-4H3. The van der Waals surface area contributed by atoms with Crippen molar-refractivity contribution in [2.75, 3.05) is 13.2 Å². The molecule has 0 fully saturated rings. The van der Waals surface area contributed by atoms with Gasteiger partial charge < -0.3 is 9.47 Å². The van der Waals surface area contributed by atoms with Crippen LogP contribution >= 0.6 is 0 Å². The van der Waals surface area contributed by atoms with E-state index in [0.717, 1.165) is 44.8 Å². The van der Waals surface area contributed by atoms with Crippen molar-refractivity contribution in [3.05, 3.63) is 102 Å². The van der Waals surface area contributed by atoms with Gasteiger partial charge in [-0.25, -0.2) is 15.0 Å². The smallest absolute Gasteiger partial charge is 0.216 e. The highest BCUT2D eigenvalue weighted by Crippen LogP contribution is 2.31. The van der Waals surface area contributed by atoms with Crippen LogP contribution in [-0.2, 0) is 9.47 Å². The summed E-state index contributed by atoms with van der Waals surface area (Å²) in [5, 5.41) is 0. The third kappa shape index (κ3) is 4.97. The molecule has 0 saturated carbocycles. The van der Waals surface area contributed by atoms with E-state index in [4.69, 9.17) is 24.4 Å². The van der Waals surface area contributed by atoms with Crippen molar-refractivity contribution in [3.63, 3.8) is 0 Å². The molecule has 0 radical (unpaired) electrons. The van der Waals surface area contributed by atoms with E-state index in [0.29, 0.717) is 25.0 Å². The van der Waals surface area contributed by atoms with Gasteiger partial charge in [-0.2, -0.15) is 0 Å². The Bertz CT molecular complexity index is 1440. The molecule has 3 aromatic carbocycles. The number of aliphatic imine (C=N–C) groups is 2. The van der Waals surface area contributed by atoms with E-state index in [1.807, 2.05) is 6.07 Å². The van der Waals surface area contributed by atoms with Crippen LogP contribution in [0.2, 0.25) is 0 Å². The number of ether oxygens (including phenoxy) is 2. The van der Waals surface area contributed by atoms with Crippen molar-refractivity contribution in [1.82, 2.24) is 4.98 Å². The Morgan fingerprint density at radius 2 is 0.921 bits per heavy atom. The fraction of sp³-hybridized carbons (Fsp3) is 0.242. The van der Waals surface area contributed by atoms with Gasteiger partial charge in [0.2, 0.25) is 11.8 Å². The average molecular weight is 502 g/mol. The van der Waals surface area contributed by atoms with Crippen LogP contribution in [0.4, 0.5) is 0 Å². The summed E-state index contributed by atoms with van der Waals surface area (Å²) < 4.78 is 11.7. The van der Waals surface area contributed by atoms with Crippen molar-refractivity contribution < 1.29 is 9.47 Å². The first-order valence-corrected chi connectivity index (χ1v) is 13.0. The molecule has 0 saturated heterocycles. The Labute approximate surface area is 223 Å². The summed E-state index contributed by atoms with van der Waals surface area (Å²) >= 11 is 0. The molecule has 0 unspecified atom stereocenters. The van der Waals surface area contributed by atoms with Gasteiger partial charge in [0.25, 0.3) is 0 Å². The molecule has 0 aliphatic carbocycles. The molecule has 0 bridgehead atoms. The molecule has 5 nitrogen and oxygen atoms in total. The second-order valence-electron chi connectivity index (χ2n) is 11.2. The van der Waals surface area contributed by atoms with Gasteiger partial charge in [-0.3, -0.25) is 0 Å². The largest absolute Gasteiger partial charge is 0.475 e. The number of pyridine rings is 1. The fourth-order valence-corrected chi connectivity index (χ4v) is 4.66. The first-order chi connectivity index (χ1) is 18.2. The normalized spacial score (nSPS) is 17.4.